The maximum Gasteiger partial charge on any atom is 0.00702 e. The third-order valence-corrected chi connectivity index (χ3v) is 2.88. The van der Waals surface area contributed by atoms with Crippen molar-refractivity contribution in [2.45, 2.75) is 70.9 Å². The van der Waals surface area contributed by atoms with Gasteiger partial charge in [-0.25, -0.2) is 0 Å². The normalized spacial score (nSPS) is 29.5. The molecule has 12 heavy (non-hydrogen) atoms. The lowest BCUT2D eigenvalue weighted by molar-refractivity contribution is 0.476. The Labute approximate surface area is 76.9 Å². The topological polar surface area (TPSA) is 12.0 Å². The second-order valence-electron chi connectivity index (χ2n) is 4.07. The second kappa shape index (κ2) is 5.58. The number of rotatable bonds is 5. The molecule has 0 saturated carbocycles. The van der Waals surface area contributed by atoms with E-state index in [1.165, 1.54) is 44.9 Å². The average Bonchev–Trinajstić information content (AvgIpc) is 2.50. The Hall–Kier alpha value is -0.0400. The van der Waals surface area contributed by atoms with Crippen LogP contribution in [0.25, 0.3) is 0 Å². The van der Waals surface area contributed by atoms with Crippen molar-refractivity contribution in [1.29, 1.82) is 0 Å². The molecule has 1 saturated heterocycles. The van der Waals surface area contributed by atoms with E-state index in [-0.39, 0.29) is 0 Å². The van der Waals surface area contributed by atoms with Gasteiger partial charge in [0.1, 0.15) is 0 Å². The molecule has 1 aliphatic heterocycles. The van der Waals surface area contributed by atoms with Crippen molar-refractivity contribution in [3.8, 4) is 0 Å². The molecule has 1 heterocycles. The van der Waals surface area contributed by atoms with Crippen LogP contribution in [0.4, 0.5) is 0 Å². The highest BCUT2D eigenvalue weighted by Crippen LogP contribution is 2.19. The van der Waals surface area contributed by atoms with Crippen molar-refractivity contribution in [2.75, 3.05) is 0 Å². The molecule has 1 nitrogen and oxygen atoms in total. The zero-order chi connectivity index (χ0) is 8.81. The lowest BCUT2D eigenvalue weighted by Crippen LogP contribution is -2.28. The summed E-state index contributed by atoms with van der Waals surface area (Å²) in [5, 5.41) is 3.73. The van der Waals surface area contributed by atoms with Crippen LogP contribution in [0.2, 0.25) is 0 Å². The summed E-state index contributed by atoms with van der Waals surface area (Å²) in [6.45, 7) is 4.56. The molecule has 0 spiro atoms. The maximum atomic E-state index is 3.73. The molecule has 0 aromatic carbocycles. The van der Waals surface area contributed by atoms with Crippen molar-refractivity contribution in [1.82, 2.24) is 5.32 Å². The number of hydrogen-bond donors (Lipinski definition) is 1. The second-order valence-corrected chi connectivity index (χ2v) is 4.07. The summed E-state index contributed by atoms with van der Waals surface area (Å²) < 4.78 is 0. The van der Waals surface area contributed by atoms with E-state index in [1.807, 2.05) is 0 Å². The minimum atomic E-state index is 0.844. The van der Waals surface area contributed by atoms with Crippen LogP contribution in [0.3, 0.4) is 0 Å². The quantitative estimate of drug-likeness (QED) is 0.667. The van der Waals surface area contributed by atoms with Crippen LogP contribution in [0.15, 0.2) is 0 Å². The lowest BCUT2D eigenvalue weighted by Gasteiger charge is -2.12. The summed E-state index contributed by atoms with van der Waals surface area (Å²) in [6.07, 6.45) is 9.69. The Morgan fingerprint density at radius 2 is 1.67 bits per heavy atom. The van der Waals surface area contributed by atoms with E-state index in [1.54, 1.807) is 0 Å². The minimum absolute atomic E-state index is 0.844. The molecule has 1 fully saturated rings. The van der Waals surface area contributed by atoms with Crippen molar-refractivity contribution < 1.29 is 0 Å². The molecule has 0 aromatic heterocycles. The van der Waals surface area contributed by atoms with Gasteiger partial charge in [0, 0.05) is 12.1 Å². The molecule has 0 aromatic rings. The molecular weight excluding hydrogens is 146 g/mol. The van der Waals surface area contributed by atoms with Crippen molar-refractivity contribution in [3.05, 3.63) is 0 Å². The highest BCUT2D eigenvalue weighted by Gasteiger charge is 2.21. The molecule has 1 N–H and O–H groups in total. The van der Waals surface area contributed by atoms with Gasteiger partial charge in [-0.05, 0) is 25.7 Å². The summed E-state index contributed by atoms with van der Waals surface area (Å²) >= 11 is 0. The van der Waals surface area contributed by atoms with Gasteiger partial charge in [-0.2, -0.15) is 0 Å². The molecule has 0 bridgehead atoms. The van der Waals surface area contributed by atoms with Crippen LogP contribution >= 0.6 is 0 Å². The van der Waals surface area contributed by atoms with E-state index in [4.69, 9.17) is 0 Å². The van der Waals surface area contributed by atoms with Crippen molar-refractivity contribution in [2.24, 2.45) is 0 Å². The SMILES string of the molecule is CCCC[C@@H]1CC[C@@H](CCC)N1. The third-order valence-electron chi connectivity index (χ3n) is 2.88. The Morgan fingerprint density at radius 1 is 1.00 bits per heavy atom. The predicted molar refractivity (Wildman–Crippen MR) is 54.4 cm³/mol. The first kappa shape index (κ1) is 10.0. The van der Waals surface area contributed by atoms with Crippen LogP contribution in [0.1, 0.15) is 58.8 Å². The Balaban J connectivity index is 2.08. The zero-order valence-electron chi connectivity index (χ0n) is 8.60. The first-order chi connectivity index (χ1) is 5.86. The summed E-state index contributed by atoms with van der Waals surface area (Å²) in [6, 6.07) is 1.69. The van der Waals surface area contributed by atoms with Crippen LogP contribution < -0.4 is 5.32 Å². The smallest absolute Gasteiger partial charge is 0.00702 e. The number of unbranched alkanes of at least 4 members (excludes halogenated alkanes) is 1. The lowest BCUT2D eigenvalue weighted by atomic mass is 10.1. The fourth-order valence-corrected chi connectivity index (χ4v) is 2.16. The highest BCUT2D eigenvalue weighted by molar-refractivity contribution is 4.82. The summed E-state index contributed by atoms with van der Waals surface area (Å²) in [5.74, 6) is 0. The van der Waals surface area contributed by atoms with Crippen LogP contribution in [0.5, 0.6) is 0 Å². The van der Waals surface area contributed by atoms with E-state index in [0.29, 0.717) is 0 Å². The van der Waals surface area contributed by atoms with Gasteiger partial charge in [0.15, 0.2) is 0 Å². The summed E-state index contributed by atoms with van der Waals surface area (Å²) in [7, 11) is 0. The molecule has 0 radical (unpaired) electrons. The Kier molecular flexibility index (Phi) is 4.67. The van der Waals surface area contributed by atoms with Crippen molar-refractivity contribution >= 4 is 0 Å². The fraction of sp³-hybridized carbons (Fsp3) is 1.00. The number of nitrogens with one attached hydrogen (secondary N) is 1. The average molecular weight is 169 g/mol. The van der Waals surface area contributed by atoms with Gasteiger partial charge >= 0.3 is 0 Å². The van der Waals surface area contributed by atoms with Crippen molar-refractivity contribution in [3.63, 3.8) is 0 Å². The highest BCUT2D eigenvalue weighted by atomic mass is 15.0. The van der Waals surface area contributed by atoms with E-state index < -0.39 is 0 Å². The monoisotopic (exact) mass is 169 g/mol. The fourth-order valence-electron chi connectivity index (χ4n) is 2.16. The van der Waals surface area contributed by atoms with Gasteiger partial charge in [0.25, 0.3) is 0 Å². The van der Waals surface area contributed by atoms with Gasteiger partial charge in [-0.1, -0.05) is 33.1 Å². The molecule has 72 valence electrons. The maximum absolute atomic E-state index is 3.73. The first-order valence-electron chi connectivity index (χ1n) is 5.62. The predicted octanol–water partition coefficient (Wildman–Crippen LogP) is 3.10. The van der Waals surface area contributed by atoms with Gasteiger partial charge in [-0.3, -0.25) is 0 Å². The Morgan fingerprint density at radius 3 is 2.25 bits per heavy atom. The Bertz CT molecular complexity index is 112. The molecule has 0 unspecified atom stereocenters. The van der Waals surface area contributed by atoms with E-state index >= 15 is 0 Å². The first-order valence-corrected chi connectivity index (χ1v) is 5.62. The molecule has 1 heteroatoms. The summed E-state index contributed by atoms with van der Waals surface area (Å²) in [4.78, 5) is 0. The molecule has 1 rings (SSSR count). The standard InChI is InChI=1S/C11H23N/c1-3-5-7-11-9-8-10(12-11)6-4-2/h10-12H,3-9H2,1-2H3/t10-,11-/m1/s1. The van der Waals surface area contributed by atoms with Crippen LogP contribution in [0, 0.1) is 0 Å². The molecule has 2 atom stereocenters. The van der Waals surface area contributed by atoms with Gasteiger partial charge in [-0.15, -0.1) is 0 Å². The van der Waals surface area contributed by atoms with Gasteiger partial charge in [0.05, 0.1) is 0 Å². The molecule has 0 aliphatic carbocycles. The molecular formula is C11H23N. The van der Waals surface area contributed by atoms with E-state index in [9.17, 15) is 0 Å². The van der Waals surface area contributed by atoms with E-state index in [0.717, 1.165) is 12.1 Å². The summed E-state index contributed by atoms with van der Waals surface area (Å²) in [5.41, 5.74) is 0. The van der Waals surface area contributed by atoms with Crippen LogP contribution in [-0.4, -0.2) is 12.1 Å². The van der Waals surface area contributed by atoms with Gasteiger partial charge < -0.3 is 5.32 Å². The largest absolute Gasteiger partial charge is 0.311 e. The third kappa shape index (κ3) is 3.14. The zero-order valence-corrected chi connectivity index (χ0v) is 8.60. The van der Waals surface area contributed by atoms with Crippen LogP contribution in [-0.2, 0) is 0 Å². The molecule has 0 amide bonds. The number of hydrogen-bond acceptors (Lipinski definition) is 1. The van der Waals surface area contributed by atoms with Gasteiger partial charge in [0.2, 0.25) is 0 Å². The minimum Gasteiger partial charge on any atom is -0.311 e. The molecule has 1 aliphatic rings. The van der Waals surface area contributed by atoms with E-state index in [2.05, 4.69) is 19.2 Å².